The second kappa shape index (κ2) is 6.77. The first kappa shape index (κ1) is 15.9. The van der Waals surface area contributed by atoms with E-state index in [4.69, 9.17) is 0 Å². The van der Waals surface area contributed by atoms with Crippen LogP contribution in [0.1, 0.15) is 17.5 Å². The van der Waals surface area contributed by atoms with Crippen LogP contribution in [0, 0.1) is 0 Å². The number of aryl methyl sites for hydroxylation is 1. The molecule has 0 aromatic heterocycles. The van der Waals surface area contributed by atoms with Crippen molar-refractivity contribution in [2.45, 2.75) is 12.8 Å². The van der Waals surface area contributed by atoms with Crippen LogP contribution in [-0.2, 0) is 6.42 Å². The summed E-state index contributed by atoms with van der Waals surface area (Å²) < 4.78 is 0. The van der Waals surface area contributed by atoms with Crippen molar-refractivity contribution in [2.24, 2.45) is 0 Å². The third-order valence-corrected chi connectivity index (χ3v) is 5.30. The van der Waals surface area contributed by atoms with Crippen molar-refractivity contribution in [3.63, 3.8) is 0 Å². The summed E-state index contributed by atoms with van der Waals surface area (Å²) in [5.74, 6) is 0. The Hall–Kier alpha value is -3.32. The Morgan fingerprint density at radius 1 is 0.704 bits per heavy atom. The zero-order chi connectivity index (χ0) is 18.1. The van der Waals surface area contributed by atoms with E-state index in [1.54, 1.807) is 0 Å². The van der Waals surface area contributed by atoms with E-state index in [1.807, 2.05) is 0 Å². The van der Waals surface area contributed by atoms with E-state index in [0.717, 1.165) is 24.2 Å². The zero-order valence-corrected chi connectivity index (χ0v) is 15.2. The predicted molar refractivity (Wildman–Crippen MR) is 116 cm³/mol. The van der Waals surface area contributed by atoms with Gasteiger partial charge >= 0.3 is 0 Å². The predicted octanol–water partition coefficient (Wildman–Crippen LogP) is 7.21. The van der Waals surface area contributed by atoms with Crippen molar-refractivity contribution in [3.8, 4) is 11.1 Å². The number of allylic oxidation sites excluding steroid dienone is 1. The first-order valence-electron chi connectivity index (χ1n) is 9.51. The molecule has 0 spiro atoms. The summed E-state index contributed by atoms with van der Waals surface area (Å²) in [4.78, 5) is 0. The van der Waals surface area contributed by atoms with Crippen LogP contribution in [0.25, 0.3) is 28.0 Å². The van der Waals surface area contributed by atoms with Crippen LogP contribution in [-0.4, -0.2) is 0 Å². The van der Waals surface area contributed by atoms with Gasteiger partial charge in [0.2, 0.25) is 0 Å². The minimum atomic E-state index is 1.11. The van der Waals surface area contributed by atoms with Gasteiger partial charge < -0.3 is 5.32 Å². The molecule has 0 saturated heterocycles. The molecule has 1 heteroatoms. The van der Waals surface area contributed by atoms with Gasteiger partial charge in [0.25, 0.3) is 0 Å². The molecule has 0 amide bonds. The molecule has 0 bridgehead atoms. The molecule has 0 fully saturated rings. The van der Waals surface area contributed by atoms with E-state index < -0.39 is 0 Å². The molecule has 1 aliphatic carbocycles. The Morgan fingerprint density at radius 2 is 1.52 bits per heavy atom. The molecule has 5 rings (SSSR count). The molecule has 4 aromatic rings. The summed E-state index contributed by atoms with van der Waals surface area (Å²) in [6, 6.07) is 30.4. The van der Waals surface area contributed by atoms with Crippen molar-refractivity contribution in [2.75, 3.05) is 5.32 Å². The van der Waals surface area contributed by atoms with Gasteiger partial charge in [-0.3, -0.25) is 0 Å². The summed E-state index contributed by atoms with van der Waals surface area (Å²) in [5.41, 5.74) is 7.54. The first-order valence-corrected chi connectivity index (χ1v) is 9.51. The standard InChI is InChI=1S/C26H21N/c1-2-8-22-18-24(17-12-19(22)6-1)27-23-15-13-21(14-16-23)26-11-5-9-20-7-3-4-10-25(20)26/h2-5,7-18,27H,1,6H2. The monoisotopic (exact) mass is 347 g/mol. The number of benzene rings is 4. The third kappa shape index (κ3) is 3.13. The van der Waals surface area contributed by atoms with Gasteiger partial charge in [0.05, 0.1) is 0 Å². The number of hydrogen-bond acceptors (Lipinski definition) is 1. The van der Waals surface area contributed by atoms with E-state index in [2.05, 4.69) is 102 Å². The second-order valence-electron chi connectivity index (χ2n) is 7.08. The van der Waals surface area contributed by atoms with Gasteiger partial charge in [0.1, 0.15) is 0 Å². The Bertz CT molecular complexity index is 1130. The van der Waals surface area contributed by atoms with Crippen molar-refractivity contribution < 1.29 is 0 Å². The fraction of sp³-hybridized carbons (Fsp3) is 0.0769. The quantitative estimate of drug-likeness (QED) is 0.413. The number of anilines is 2. The lowest BCUT2D eigenvalue weighted by Gasteiger charge is -2.14. The van der Waals surface area contributed by atoms with E-state index >= 15 is 0 Å². The van der Waals surface area contributed by atoms with Crippen LogP contribution in [0.3, 0.4) is 0 Å². The molecular formula is C26H21N. The lowest BCUT2D eigenvalue weighted by Crippen LogP contribution is -1.96. The molecule has 0 saturated carbocycles. The summed E-state index contributed by atoms with van der Waals surface area (Å²) in [6.45, 7) is 0. The highest BCUT2D eigenvalue weighted by Crippen LogP contribution is 2.30. The van der Waals surface area contributed by atoms with Crippen molar-refractivity contribution in [1.82, 2.24) is 0 Å². The molecule has 0 unspecified atom stereocenters. The van der Waals surface area contributed by atoms with E-state index in [-0.39, 0.29) is 0 Å². The van der Waals surface area contributed by atoms with Gasteiger partial charge in [-0.05, 0) is 70.1 Å². The lowest BCUT2D eigenvalue weighted by atomic mass is 9.97. The number of nitrogens with one attached hydrogen (secondary N) is 1. The Balaban J connectivity index is 1.43. The maximum atomic E-state index is 3.54. The third-order valence-electron chi connectivity index (χ3n) is 5.30. The van der Waals surface area contributed by atoms with Gasteiger partial charge in [-0.15, -0.1) is 0 Å². The number of hydrogen-bond donors (Lipinski definition) is 1. The summed E-state index contributed by atoms with van der Waals surface area (Å²) in [5, 5.41) is 6.11. The van der Waals surface area contributed by atoms with Crippen molar-refractivity contribution in [3.05, 3.63) is 102 Å². The molecule has 1 N–H and O–H groups in total. The Morgan fingerprint density at radius 3 is 2.44 bits per heavy atom. The zero-order valence-electron chi connectivity index (χ0n) is 15.2. The van der Waals surface area contributed by atoms with E-state index in [9.17, 15) is 0 Å². The number of rotatable bonds is 3. The molecule has 0 heterocycles. The molecule has 27 heavy (non-hydrogen) atoms. The highest BCUT2D eigenvalue weighted by atomic mass is 14.9. The van der Waals surface area contributed by atoms with Crippen LogP contribution in [0.15, 0.2) is 91.0 Å². The SMILES string of the molecule is C1=Cc2cc(Nc3ccc(-c4cccc5ccccc45)cc3)ccc2CC1. The molecule has 0 radical (unpaired) electrons. The van der Waals surface area contributed by atoms with Crippen LogP contribution < -0.4 is 5.32 Å². The van der Waals surface area contributed by atoms with Crippen LogP contribution >= 0.6 is 0 Å². The van der Waals surface area contributed by atoms with Crippen LogP contribution in [0.2, 0.25) is 0 Å². The molecule has 1 aliphatic rings. The van der Waals surface area contributed by atoms with Crippen LogP contribution in [0.5, 0.6) is 0 Å². The molecule has 130 valence electrons. The second-order valence-corrected chi connectivity index (χ2v) is 7.08. The summed E-state index contributed by atoms with van der Waals surface area (Å²) in [6.07, 6.45) is 6.78. The molecular weight excluding hydrogens is 326 g/mol. The van der Waals surface area contributed by atoms with Crippen LogP contribution in [0.4, 0.5) is 11.4 Å². The molecule has 4 aromatic carbocycles. The fourth-order valence-electron chi connectivity index (χ4n) is 3.88. The normalized spacial score (nSPS) is 12.7. The van der Waals surface area contributed by atoms with Crippen molar-refractivity contribution >= 4 is 28.2 Å². The summed E-state index contributed by atoms with van der Waals surface area (Å²) >= 11 is 0. The average molecular weight is 347 g/mol. The minimum Gasteiger partial charge on any atom is -0.356 e. The molecule has 0 aliphatic heterocycles. The Kier molecular flexibility index (Phi) is 3.99. The highest BCUT2D eigenvalue weighted by molar-refractivity contribution is 5.96. The van der Waals surface area contributed by atoms with Gasteiger partial charge in [0, 0.05) is 11.4 Å². The minimum absolute atomic E-state index is 1.11. The maximum absolute atomic E-state index is 3.54. The smallest absolute Gasteiger partial charge is 0.0390 e. The highest BCUT2D eigenvalue weighted by Gasteiger charge is 2.06. The maximum Gasteiger partial charge on any atom is 0.0390 e. The van der Waals surface area contributed by atoms with Gasteiger partial charge in [-0.1, -0.05) is 72.8 Å². The lowest BCUT2D eigenvalue weighted by molar-refractivity contribution is 0.986. The summed E-state index contributed by atoms with van der Waals surface area (Å²) in [7, 11) is 0. The molecule has 1 nitrogen and oxygen atoms in total. The largest absolute Gasteiger partial charge is 0.356 e. The average Bonchev–Trinajstić information content (AvgIpc) is 2.74. The molecule has 0 atom stereocenters. The fourth-order valence-corrected chi connectivity index (χ4v) is 3.88. The number of fused-ring (bicyclic) bond motifs is 2. The first-order chi connectivity index (χ1) is 13.4. The van der Waals surface area contributed by atoms with Gasteiger partial charge in [-0.25, -0.2) is 0 Å². The van der Waals surface area contributed by atoms with Gasteiger partial charge in [0.15, 0.2) is 0 Å². The van der Waals surface area contributed by atoms with Crippen molar-refractivity contribution in [1.29, 1.82) is 0 Å². The van der Waals surface area contributed by atoms with Gasteiger partial charge in [-0.2, -0.15) is 0 Å². The van der Waals surface area contributed by atoms with E-state index in [1.165, 1.54) is 33.0 Å². The Labute approximate surface area is 160 Å². The van der Waals surface area contributed by atoms with E-state index in [0.29, 0.717) is 0 Å². The topological polar surface area (TPSA) is 12.0 Å².